The number of fused-ring (bicyclic) bond motifs is 2. The van der Waals surface area contributed by atoms with Crippen molar-refractivity contribution in [2.45, 2.75) is 12.5 Å². The fraction of sp³-hybridized carbons (Fsp3) is 0.389. The highest BCUT2D eigenvalue weighted by molar-refractivity contribution is 5.50. The molecule has 0 spiro atoms. The predicted molar refractivity (Wildman–Crippen MR) is 89.4 cm³/mol. The molecule has 126 valence electrons. The van der Waals surface area contributed by atoms with Gasteiger partial charge in [-0.25, -0.2) is 4.39 Å². The lowest BCUT2D eigenvalue weighted by molar-refractivity contribution is 0.404. The largest absolute Gasteiger partial charge is 0.497 e. The highest BCUT2D eigenvalue weighted by Crippen LogP contribution is 2.31. The van der Waals surface area contributed by atoms with Crippen LogP contribution in [0.1, 0.15) is 6.42 Å². The number of nitrogens with zero attached hydrogens (tertiary/aromatic N) is 2. The van der Waals surface area contributed by atoms with Crippen LogP contribution in [0.4, 0.5) is 10.1 Å². The summed E-state index contributed by atoms with van der Waals surface area (Å²) >= 11 is 0. The zero-order valence-corrected chi connectivity index (χ0v) is 13.5. The van der Waals surface area contributed by atoms with Crippen LogP contribution in [0.3, 0.4) is 0 Å². The number of hydrogen-bond donors (Lipinski definition) is 1. The molecule has 0 aliphatic carbocycles. The minimum Gasteiger partial charge on any atom is -0.497 e. The van der Waals surface area contributed by atoms with E-state index in [1.165, 1.54) is 25.7 Å². The Balaban J connectivity index is 1.53. The normalized spacial score (nSPS) is 22.5. The first-order valence-corrected chi connectivity index (χ1v) is 8.15. The van der Waals surface area contributed by atoms with Gasteiger partial charge in [-0.15, -0.1) is 0 Å². The molecule has 2 aromatic rings. The maximum absolute atomic E-state index is 13.6. The quantitative estimate of drug-likeness (QED) is 0.935. The fourth-order valence-electron chi connectivity index (χ4n) is 3.53. The molecule has 0 saturated carbocycles. The van der Waals surface area contributed by atoms with E-state index in [0.717, 1.165) is 25.3 Å². The van der Waals surface area contributed by atoms with Crippen LogP contribution in [0.5, 0.6) is 17.2 Å². The summed E-state index contributed by atoms with van der Waals surface area (Å²) in [7, 11) is 1.50. The molecule has 24 heavy (non-hydrogen) atoms. The standard InChI is InChI=1S/C18H20FN3O2/c1-23-16-3-13(19)4-17(6-16)24-18-5-15(8-20-9-18)22-10-12-2-14(11-22)21-7-12/h3-6,8-9,12,14,21H,2,7,10-11H2,1H3. The number of pyridine rings is 1. The van der Waals surface area contributed by atoms with E-state index in [1.807, 2.05) is 12.3 Å². The summed E-state index contributed by atoms with van der Waals surface area (Å²) in [4.78, 5) is 6.62. The molecular formula is C18H20FN3O2. The summed E-state index contributed by atoms with van der Waals surface area (Å²) < 4.78 is 24.4. The summed E-state index contributed by atoms with van der Waals surface area (Å²) in [5.74, 6) is 1.71. The smallest absolute Gasteiger partial charge is 0.147 e. The van der Waals surface area contributed by atoms with Crippen molar-refractivity contribution in [1.82, 2.24) is 10.3 Å². The number of ether oxygens (including phenoxy) is 2. The molecule has 2 saturated heterocycles. The molecule has 2 aliphatic rings. The third-order valence-electron chi connectivity index (χ3n) is 4.61. The van der Waals surface area contributed by atoms with Crippen molar-refractivity contribution < 1.29 is 13.9 Å². The van der Waals surface area contributed by atoms with Gasteiger partial charge in [0.1, 0.15) is 23.1 Å². The maximum Gasteiger partial charge on any atom is 0.147 e. The van der Waals surface area contributed by atoms with Gasteiger partial charge in [-0.1, -0.05) is 0 Å². The van der Waals surface area contributed by atoms with Crippen molar-refractivity contribution >= 4 is 5.69 Å². The van der Waals surface area contributed by atoms with E-state index in [4.69, 9.17) is 9.47 Å². The zero-order chi connectivity index (χ0) is 16.5. The van der Waals surface area contributed by atoms with Gasteiger partial charge in [0.05, 0.1) is 25.2 Å². The lowest BCUT2D eigenvalue weighted by atomic mass is 10.00. The van der Waals surface area contributed by atoms with Crippen molar-refractivity contribution in [2.24, 2.45) is 5.92 Å². The van der Waals surface area contributed by atoms with Gasteiger partial charge in [0.2, 0.25) is 0 Å². The van der Waals surface area contributed by atoms with Crippen LogP contribution in [0.25, 0.3) is 0 Å². The average molecular weight is 329 g/mol. The molecule has 2 aliphatic heterocycles. The van der Waals surface area contributed by atoms with Gasteiger partial charge in [-0.2, -0.15) is 0 Å². The van der Waals surface area contributed by atoms with Crippen molar-refractivity contribution in [1.29, 1.82) is 0 Å². The number of methoxy groups -OCH3 is 1. The van der Waals surface area contributed by atoms with Gasteiger partial charge in [0.15, 0.2) is 0 Å². The van der Waals surface area contributed by atoms with Crippen LogP contribution < -0.4 is 19.7 Å². The van der Waals surface area contributed by atoms with Gasteiger partial charge < -0.3 is 19.7 Å². The first-order valence-electron chi connectivity index (χ1n) is 8.15. The van der Waals surface area contributed by atoms with Crippen LogP contribution in [0.15, 0.2) is 36.7 Å². The Morgan fingerprint density at radius 3 is 2.83 bits per heavy atom. The van der Waals surface area contributed by atoms with Gasteiger partial charge in [0.25, 0.3) is 0 Å². The Labute approximate surface area is 140 Å². The minimum absolute atomic E-state index is 0.395. The molecule has 2 unspecified atom stereocenters. The van der Waals surface area contributed by atoms with Crippen LogP contribution in [-0.4, -0.2) is 37.8 Å². The molecule has 5 nitrogen and oxygen atoms in total. The molecular weight excluding hydrogens is 309 g/mol. The van der Waals surface area contributed by atoms with Gasteiger partial charge in [0, 0.05) is 49.9 Å². The lowest BCUT2D eigenvalue weighted by Gasteiger charge is -2.32. The third kappa shape index (κ3) is 3.14. The molecule has 2 bridgehead atoms. The van der Waals surface area contributed by atoms with Crippen LogP contribution in [0, 0.1) is 11.7 Å². The first kappa shape index (κ1) is 15.2. The Kier molecular flexibility index (Phi) is 3.98. The SMILES string of the molecule is COc1cc(F)cc(Oc2cncc(N3CC4CNC(C4)C3)c2)c1. The number of piperidine rings is 1. The number of aromatic nitrogens is 1. The molecule has 0 radical (unpaired) electrons. The monoisotopic (exact) mass is 329 g/mol. The van der Waals surface area contributed by atoms with Crippen LogP contribution >= 0.6 is 0 Å². The van der Waals surface area contributed by atoms with Gasteiger partial charge in [-0.3, -0.25) is 4.98 Å². The number of rotatable bonds is 4. The summed E-state index contributed by atoms with van der Waals surface area (Å²) in [6.07, 6.45) is 4.74. The second-order valence-corrected chi connectivity index (χ2v) is 6.42. The molecule has 6 heteroatoms. The molecule has 4 rings (SSSR count). The number of anilines is 1. The topological polar surface area (TPSA) is 46.6 Å². The molecule has 1 N–H and O–H groups in total. The zero-order valence-electron chi connectivity index (χ0n) is 13.5. The van der Waals surface area contributed by atoms with E-state index >= 15 is 0 Å². The third-order valence-corrected chi connectivity index (χ3v) is 4.61. The number of hydrogen-bond acceptors (Lipinski definition) is 5. The van der Waals surface area contributed by atoms with E-state index in [0.29, 0.717) is 29.2 Å². The summed E-state index contributed by atoms with van der Waals surface area (Å²) in [5.41, 5.74) is 1.04. The Morgan fingerprint density at radius 2 is 2.00 bits per heavy atom. The molecule has 1 aromatic carbocycles. The summed E-state index contributed by atoms with van der Waals surface area (Å²) in [6, 6.07) is 6.81. The van der Waals surface area contributed by atoms with Crippen LogP contribution in [-0.2, 0) is 0 Å². The minimum atomic E-state index is -0.396. The molecule has 2 atom stereocenters. The van der Waals surface area contributed by atoms with Crippen molar-refractivity contribution in [3.63, 3.8) is 0 Å². The average Bonchev–Trinajstić information content (AvgIpc) is 2.92. The van der Waals surface area contributed by atoms with Crippen molar-refractivity contribution in [3.05, 3.63) is 42.5 Å². The number of nitrogens with one attached hydrogen (secondary N) is 1. The first-order chi connectivity index (χ1) is 11.7. The van der Waals surface area contributed by atoms with E-state index < -0.39 is 5.82 Å². The Morgan fingerprint density at radius 1 is 1.12 bits per heavy atom. The lowest BCUT2D eigenvalue weighted by Crippen LogP contribution is -2.41. The number of halogens is 1. The maximum atomic E-state index is 13.6. The summed E-state index contributed by atoms with van der Waals surface area (Å²) in [5, 5.41) is 3.54. The second-order valence-electron chi connectivity index (χ2n) is 6.42. The molecule has 0 amide bonds. The van der Waals surface area contributed by atoms with E-state index in [2.05, 4.69) is 15.2 Å². The van der Waals surface area contributed by atoms with Crippen molar-refractivity contribution in [2.75, 3.05) is 31.6 Å². The Bertz CT molecular complexity index is 728. The van der Waals surface area contributed by atoms with Crippen LogP contribution in [0.2, 0.25) is 0 Å². The van der Waals surface area contributed by atoms with E-state index in [1.54, 1.807) is 12.3 Å². The van der Waals surface area contributed by atoms with E-state index in [9.17, 15) is 4.39 Å². The van der Waals surface area contributed by atoms with Gasteiger partial charge in [-0.05, 0) is 12.3 Å². The molecule has 3 heterocycles. The Hall–Kier alpha value is -2.34. The summed E-state index contributed by atoms with van der Waals surface area (Å²) in [6.45, 7) is 3.10. The highest BCUT2D eigenvalue weighted by atomic mass is 19.1. The highest BCUT2D eigenvalue weighted by Gasteiger charge is 2.32. The number of benzene rings is 1. The molecule has 2 fully saturated rings. The predicted octanol–water partition coefficient (Wildman–Crippen LogP) is 2.82. The van der Waals surface area contributed by atoms with Gasteiger partial charge >= 0.3 is 0 Å². The fourth-order valence-corrected chi connectivity index (χ4v) is 3.53. The molecule has 1 aromatic heterocycles. The van der Waals surface area contributed by atoms with Crippen molar-refractivity contribution in [3.8, 4) is 17.2 Å². The van der Waals surface area contributed by atoms with E-state index in [-0.39, 0.29) is 0 Å². The second kappa shape index (κ2) is 6.28.